The highest BCUT2D eigenvalue weighted by Gasteiger charge is 2.36. The molecule has 0 saturated carbocycles. The van der Waals surface area contributed by atoms with Crippen LogP contribution in [-0.2, 0) is 0 Å². The largest absolute Gasteiger partial charge is 0.306 e. The Morgan fingerprint density at radius 3 is 1.75 bits per heavy atom. The normalized spacial score (nSPS) is 31.4. The molecule has 1 fully saturated rings. The van der Waals surface area contributed by atoms with Crippen molar-refractivity contribution in [2.75, 3.05) is 20.1 Å². The predicted octanol–water partition coefficient (Wildman–Crippen LogP) is 5.74. The van der Waals surface area contributed by atoms with Gasteiger partial charge in [0.25, 0.3) is 0 Å². The summed E-state index contributed by atoms with van der Waals surface area (Å²) in [6.45, 7) is 17.3. The van der Waals surface area contributed by atoms with E-state index in [9.17, 15) is 0 Å². The van der Waals surface area contributed by atoms with Crippen molar-refractivity contribution in [2.45, 2.75) is 86.5 Å². The molecule has 1 aliphatic rings. The maximum absolute atomic E-state index is 2.54. The molecule has 0 radical (unpaired) electrons. The van der Waals surface area contributed by atoms with Crippen LogP contribution in [0.2, 0.25) is 0 Å². The second kappa shape index (κ2) is 6.81. The lowest BCUT2D eigenvalue weighted by Gasteiger charge is -2.44. The molecule has 1 heteroatoms. The molecule has 0 aromatic carbocycles. The van der Waals surface area contributed by atoms with E-state index in [4.69, 9.17) is 0 Å². The van der Waals surface area contributed by atoms with Crippen LogP contribution in [0.1, 0.15) is 86.5 Å². The van der Waals surface area contributed by atoms with E-state index in [0.717, 1.165) is 0 Å². The molecule has 0 aromatic rings. The van der Waals surface area contributed by atoms with Crippen LogP contribution in [0.3, 0.4) is 0 Å². The first-order chi connectivity index (χ1) is 9.06. The first-order valence-electron chi connectivity index (χ1n) is 8.74. The number of hydrogen-bond donors (Lipinski definition) is 0. The average molecular weight is 282 g/mol. The van der Waals surface area contributed by atoms with Gasteiger partial charge in [0.1, 0.15) is 0 Å². The highest BCUT2D eigenvalue weighted by atomic mass is 15.1. The lowest BCUT2D eigenvalue weighted by atomic mass is 9.62. The fourth-order valence-corrected chi connectivity index (χ4v) is 3.64. The summed E-state index contributed by atoms with van der Waals surface area (Å²) < 4.78 is 0. The van der Waals surface area contributed by atoms with E-state index in [-0.39, 0.29) is 0 Å². The second-order valence-electron chi connectivity index (χ2n) is 9.34. The quantitative estimate of drug-likeness (QED) is 0.547. The molecule has 1 nitrogen and oxygen atoms in total. The van der Waals surface area contributed by atoms with E-state index in [2.05, 4.69) is 53.5 Å². The standard InChI is InChI=1S/C19H39N/c1-17(2,3)19(6)13-8-11-18(4,5)12-9-15-20(7)16-10-14-19/h8-16H2,1-7H3. The number of nitrogens with zero attached hydrogens (tertiary/aromatic N) is 1. The third-order valence-corrected chi connectivity index (χ3v) is 6.05. The molecule has 1 heterocycles. The summed E-state index contributed by atoms with van der Waals surface area (Å²) in [6.07, 6.45) is 9.65. The van der Waals surface area contributed by atoms with Crippen molar-refractivity contribution in [3.8, 4) is 0 Å². The van der Waals surface area contributed by atoms with E-state index < -0.39 is 0 Å². The third kappa shape index (κ3) is 5.39. The van der Waals surface area contributed by atoms with Crippen molar-refractivity contribution in [3.63, 3.8) is 0 Å². The zero-order valence-corrected chi connectivity index (χ0v) is 15.3. The SMILES string of the molecule is CN1CCCC(C)(C)CCCC(C)(C(C)(C)C)CCC1. The smallest absolute Gasteiger partial charge is 0.00216 e. The Bertz CT molecular complexity index is 287. The first kappa shape index (κ1) is 18.0. The Hall–Kier alpha value is -0.0400. The lowest BCUT2D eigenvalue weighted by Crippen LogP contribution is -2.35. The van der Waals surface area contributed by atoms with E-state index in [1.54, 1.807) is 0 Å². The van der Waals surface area contributed by atoms with Gasteiger partial charge in [0.05, 0.1) is 0 Å². The maximum atomic E-state index is 2.54. The minimum Gasteiger partial charge on any atom is -0.306 e. The Labute approximate surface area is 128 Å². The Morgan fingerprint density at radius 1 is 0.750 bits per heavy atom. The van der Waals surface area contributed by atoms with Crippen molar-refractivity contribution >= 4 is 0 Å². The van der Waals surface area contributed by atoms with Gasteiger partial charge in [0, 0.05) is 0 Å². The molecule has 0 bridgehead atoms. The van der Waals surface area contributed by atoms with E-state index in [1.807, 2.05) is 0 Å². The highest BCUT2D eigenvalue weighted by Crippen LogP contribution is 2.47. The Kier molecular flexibility index (Phi) is 6.14. The van der Waals surface area contributed by atoms with Gasteiger partial charge in [0.15, 0.2) is 0 Å². The molecule has 0 aliphatic carbocycles. The first-order valence-corrected chi connectivity index (χ1v) is 8.74. The summed E-state index contributed by atoms with van der Waals surface area (Å²) >= 11 is 0. The van der Waals surface area contributed by atoms with Gasteiger partial charge >= 0.3 is 0 Å². The van der Waals surface area contributed by atoms with Gasteiger partial charge in [-0.15, -0.1) is 0 Å². The molecule has 1 rings (SSSR count). The monoisotopic (exact) mass is 281 g/mol. The number of hydrogen-bond acceptors (Lipinski definition) is 1. The number of rotatable bonds is 0. The van der Waals surface area contributed by atoms with E-state index in [0.29, 0.717) is 16.2 Å². The molecular formula is C19H39N. The highest BCUT2D eigenvalue weighted by molar-refractivity contribution is 4.87. The molecule has 120 valence electrons. The third-order valence-electron chi connectivity index (χ3n) is 6.05. The van der Waals surface area contributed by atoms with Crippen molar-refractivity contribution in [1.82, 2.24) is 4.90 Å². The van der Waals surface area contributed by atoms with Crippen molar-refractivity contribution < 1.29 is 0 Å². The molecule has 0 spiro atoms. The minimum absolute atomic E-state index is 0.416. The maximum Gasteiger partial charge on any atom is -0.00216 e. The van der Waals surface area contributed by atoms with E-state index >= 15 is 0 Å². The molecule has 20 heavy (non-hydrogen) atoms. The van der Waals surface area contributed by atoms with Gasteiger partial charge in [-0.3, -0.25) is 0 Å². The van der Waals surface area contributed by atoms with Gasteiger partial charge in [-0.2, -0.15) is 0 Å². The summed E-state index contributed by atoms with van der Waals surface area (Å²) in [5.74, 6) is 0. The molecule has 1 aliphatic heterocycles. The van der Waals surface area contributed by atoms with Gasteiger partial charge in [0.2, 0.25) is 0 Å². The van der Waals surface area contributed by atoms with Crippen LogP contribution in [0.25, 0.3) is 0 Å². The van der Waals surface area contributed by atoms with Crippen LogP contribution in [0.5, 0.6) is 0 Å². The molecule has 1 atom stereocenters. The zero-order chi connectivity index (χ0) is 15.4. The summed E-state index contributed by atoms with van der Waals surface area (Å²) in [4.78, 5) is 2.54. The van der Waals surface area contributed by atoms with Gasteiger partial charge in [-0.1, -0.05) is 48.0 Å². The lowest BCUT2D eigenvalue weighted by molar-refractivity contribution is 0.0682. The molecule has 1 saturated heterocycles. The van der Waals surface area contributed by atoms with Crippen LogP contribution in [-0.4, -0.2) is 25.0 Å². The van der Waals surface area contributed by atoms with Gasteiger partial charge in [-0.25, -0.2) is 0 Å². The summed E-state index contributed by atoms with van der Waals surface area (Å²) in [5.41, 5.74) is 1.43. The van der Waals surface area contributed by atoms with Crippen LogP contribution in [0, 0.1) is 16.2 Å². The Morgan fingerprint density at radius 2 is 1.20 bits per heavy atom. The fourth-order valence-electron chi connectivity index (χ4n) is 3.64. The zero-order valence-electron chi connectivity index (χ0n) is 15.3. The van der Waals surface area contributed by atoms with Crippen molar-refractivity contribution in [2.24, 2.45) is 16.2 Å². The minimum atomic E-state index is 0.416. The second-order valence-corrected chi connectivity index (χ2v) is 9.34. The van der Waals surface area contributed by atoms with E-state index in [1.165, 1.54) is 58.0 Å². The molecule has 0 aromatic heterocycles. The van der Waals surface area contributed by atoms with Crippen LogP contribution < -0.4 is 0 Å². The Balaban J connectivity index is 2.76. The summed E-state index contributed by atoms with van der Waals surface area (Å²) in [5, 5.41) is 0. The molecule has 1 unspecified atom stereocenters. The fraction of sp³-hybridized carbons (Fsp3) is 1.00. The van der Waals surface area contributed by atoms with Crippen LogP contribution >= 0.6 is 0 Å². The van der Waals surface area contributed by atoms with Crippen LogP contribution in [0.15, 0.2) is 0 Å². The van der Waals surface area contributed by atoms with Crippen LogP contribution in [0.4, 0.5) is 0 Å². The van der Waals surface area contributed by atoms with Gasteiger partial charge < -0.3 is 4.90 Å². The topological polar surface area (TPSA) is 3.24 Å². The predicted molar refractivity (Wildman–Crippen MR) is 91.2 cm³/mol. The summed E-state index contributed by atoms with van der Waals surface area (Å²) in [7, 11) is 2.30. The molecular weight excluding hydrogens is 242 g/mol. The average Bonchev–Trinajstić information content (AvgIpc) is 2.25. The molecule has 0 N–H and O–H groups in total. The van der Waals surface area contributed by atoms with Gasteiger partial charge in [-0.05, 0) is 74.9 Å². The molecule has 0 amide bonds. The summed E-state index contributed by atoms with van der Waals surface area (Å²) in [6, 6.07) is 0. The van der Waals surface area contributed by atoms with Crippen molar-refractivity contribution in [3.05, 3.63) is 0 Å². The van der Waals surface area contributed by atoms with Crippen molar-refractivity contribution in [1.29, 1.82) is 0 Å².